The van der Waals surface area contributed by atoms with Gasteiger partial charge in [0.25, 0.3) is 0 Å². The Bertz CT molecular complexity index is 3190. The molecule has 2 aromatic heterocycles. The van der Waals surface area contributed by atoms with Crippen molar-refractivity contribution in [3.8, 4) is 44.8 Å². The van der Waals surface area contributed by atoms with Crippen LogP contribution in [-0.2, 0) is 0 Å². The van der Waals surface area contributed by atoms with Gasteiger partial charge in [0.2, 0.25) is 0 Å². The summed E-state index contributed by atoms with van der Waals surface area (Å²) in [5.41, 5.74) is 14.5. The summed E-state index contributed by atoms with van der Waals surface area (Å²) in [4.78, 5) is 0. The van der Waals surface area contributed by atoms with Gasteiger partial charge in [-0.3, -0.25) is 0 Å². The van der Waals surface area contributed by atoms with E-state index in [4.69, 9.17) is 0 Å². The summed E-state index contributed by atoms with van der Waals surface area (Å²) < 4.78 is 4.85. The van der Waals surface area contributed by atoms with Crippen LogP contribution in [0.3, 0.4) is 0 Å². The zero-order valence-electron chi connectivity index (χ0n) is 29.5. The second kappa shape index (κ2) is 12.2. The van der Waals surface area contributed by atoms with Crippen molar-refractivity contribution in [3.63, 3.8) is 0 Å². The van der Waals surface area contributed by atoms with E-state index in [1.165, 1.54) is 93.5 Å². The zero-order chi connectivity index (χ0) is 35.6. The fraction of sp³-hybridized carbons (Fsp3) is 0. The Balaban J connectivity index is 1.06. The van der Waals surface area contributed by atoms with Crippen molar-refractivity contribution < 1.29 is 0 Å². The van der Waals surface area contributed by atoms with Crippen LogP contribution in [0.15, 0.2) is 206 Å². The predicted octanol–water partition coefficient (Wildman–Crippen LogP) is 14.0. The van der Waals surface area contributed by atoms with Gasteiger partial charge < -0.3 is 9.13 Å². The van der Waals surface area contributed by atoms with Gasteiger partial charge in [-0.1, -0.05) is 152 Å². The molecule has 0 bridgehead atoms. The summed E-state index contributed by atoms with van der Waals surface area (Å²) >= 11 is 0. The van der Waals surface area contributed by atoms with Gasteiger partial charge in [-0.05, 0) is 93.2 Å². The number of hydrogen-bond acceptors (Lipinski definition) is 0. The molecule has 2 heterocycles. The molecule has 252 valence electrons. The largest absolute Gasteiger partial charge is 0.309 e. The van der Waals surface area contributed by atoms with Crippen LogP contribution in [0.25, 0.3) is 99.1 Å². The molecule has 11 aromatic rings. The Labute approximate surface area is 313 Å². The fourth-order valence-corrected chi connectivity index (χ4v) is 8.63. The molecule has 0 N–H and O–H groups in total. The SMILES string of the molecule is c1ccc(-c2ccc(-n3c4ccccc4c4cc(-c5ccc6c(c5)c5ccccc5n6-c5ccccc5-c5cccc6ccccc56)ccc43)cc2)cc1. The van der Waals surface area contributed by atoms with Gasteiger partial charge in [-0.15, -0.1) is 0 Å². The van der Waals surface area contributed by atoms with Gasteiger partial charge in [0.05, 0.1) is 27.8 Å². The van der Waals surface area contributed by atoms with Crippen molar-refractivity contribution in [3.05, 3.63) is 206 Å². The van der Waals surface area contributed by atoms with Crippen LogP contribution in [-0.4, -0.2) is 9.13 Å². The Morgan fingerprint density at radius 1 is 0.259 bits per heavy atom. The normalized spacial score (nSPS) is 11.7. The van der Waals surface area contributed by atoms with Crippen molar-refractivity contribution in [2.75, 3.05) is 0 Å². The Morgan fingerprint density at radius 2 is 0.741 bits per heavy atom. The van der Waals surface area contributed by atoms with Crippen molar-refractivity contribution in [1.29, 1.82) is 0 Å². The van der Waals surface area contributed by atoms with E-state index in [-0.39, 0.29) is 0 Å². The number of benzene rings is 9. The molecule has 0 aliphatic heterocycles. The minimum absolute atomic E-state index is 1.16. The molecule has 9 aromatic carbocycles. The molecule has 0 radical (unpaired) electrons. The lowest BCUT2D eigenvalue weighted by Crippen LogP contribution is -1.97. The molecule has 0 aliphatic rings. The van der Waals surface area contributed by atoms with E-state index in [1.807, 2.05) is 0 Å². The number of hydrogen-bond donors (Lipinski definition) is 0. The molecule has 0 spiro atoms. The van der Waals surface area contributed by atoms with Crippen LogP contribution in [0.4, 0.5) is 0 Å². The molecule has 0 unspecified atom stereocenters. The van der Waals surface area contributed by atoms with Gasteiger partial charge >= 0.3 is 0 Å². The van der Waals surface area contributed by atoms with Crippen LogP contribution in [0, 0.1) is 0 Å². The van der Waals surface area contributed by atoms with E-state index < -0.39 is 0 Å². The van der Waals surface area contributed by atoms with E-state index in [9.17, 15) is 0 Å². The average Bonchev–Trinajstić information content (AvgIpc) is 3.76. The predicted molar refractivity (Wildman–Crippen MR) is 229 cm³/mol. The van der Waals surface area contributed by atoms with Crippen LogP contribution in [0.2, 0.25) is 0 Å². The molecule has 0 aliphatic carbocycles. The highest BCUT2D eigenvalue weighted by molar-refractivity contribution is 6.13. The number of nitrogens with zero attached hydrogens (tertiary/aromatic N) is 2. The molecular formula is C52H34N2. The molecule has 0 fully saturated rings. The molecular weight excluding hydrogens is 653 g/mol. The summed E-state index contributed by atoms with van der Waals surface area (Å²) in [6, 6.07) is 75.2. The molecule has 0 amide bonds. The first-order valence-corrected chi connectivity index (χ1v) is 18.6. The standard InChI is InChI=1S/C52H34N2/c1-2-13-35(14-3-1)36-25-29-40(30-26-36)53-48-22-9-7-19-44(48)46-33-38(27-31-51(46)53)39-28-32-52-47(34-39)45-20-8-11-24-50(45)54(52)49-23-10-6-18-43(49)42-21-12-16-37-15-4-5-17-41(37)42/h1-34H. The van der Waals surface area contributed by atoms with Crippen molar-refractivity contribution >= 4 is 54.4 Å². The van der Waals surface area contributed by atoms with Crippen LogP contribution in [0.1, 0.15) is 0 Å². The second-order valence-corrected chi connectivity index (χ2v) is 14.1. The third-order valence-electron chi connectivity index (χ3n) is 11.1. The molecule has 2 heteroatoms. The number of aromatic nitrogens is 2. The van der Waals surface area contributed by atoms with Crippen LogP contribution in [0.5, 0.6) is 0 Å². The van der Waals surface area contributed by atoms with Crippen LogP contribution >= 0.6 is 0 Å². The van der Waals surface area contributed by atoms with Gasteiger partial charge in [0.15, 0.2) is 0 Å². The maximum atomic E-state index is 2.45. The zero-order valence-corrected chi connectivity index (χ0v) is 29.5. The first kappa shape index (κ1) is 30.5. The van der Waals surface area contributed by atoms with E-state index >= 15 is 0 Å². The Kier molecular flexibility index (Phi) is 6.90. The highest BCUT2D eigenvalue weighted by Crippen LogP contribution is 2.41. The fourth-order valence-electron chi connectivity index (χ4n) is 8.63. The quantitative estimate of drug-likeness (QED) is 0.171. The highest BCUT2D eigenvalue weighted by atomic mass is 15.0. The van der Waals surface area contributed by atoms with E-state index in [2.05, 4.69) is 215 Å². The van der Waals surface area contributed by atoms with Crippen LogP contribution < -0.4 is 0 Å². The first-order valence-electron chi connectivity index (χ1n) is 18.6. The number of fused-ring (bicyclic) bond motifs is 7. The highest BCUT2D eigenvalue weighted by Gasteiger charge is 2.18. The minimum Gasteiger partial charge on any atom is -0.309 e. The second-order valence-electron chi connectivity index (χ2n) is 14.1. The topological polar surface area (TPSA) is 9.86 Å². The first-order chi connectivity index (χ1) is 26.8. The lowest BCUT2D eigenvalue weighted by Gasteiger charge is -2.15. The van der Waals surface area contributed by atoms with E-state index in [1.54, 1.807) is 0 Å². The summed E-state index contributed by atoms with van der Waals surface area (Å²) in [6.07, 6.45) is 0. The van der Waals surface area contributed by atoms with Crippen molar-refractivity contribution in [2.45, 2.75) is 0 Å². The molecule has 0 saturated heterocycles. The third-order valence-corrected chi connectivity index (χ3v) is 11.1. The smallest absolute Gasteiger partial charge is 0.0541 e. The number of para-hydroxylation sites is 3. The molecule has 0 saturated carbocycles. The van der Waals surface area contributed by atoms with Gasteiger partial charge in [-0.2, -0.15) is 0 Å². The van der Waals surface area contributed by atoms with Crippen molar-refractivity contribution in [1.82, 2.24) is 9.13 Å². The number of rotatable bonds is 5. The third kappa shape index (κ3) is 4.74. The lowest BCUT2D eigenvalue weighted by molar-refractivity contribution is 1.18. The van der Waals surface area contributed by atoms with Gasteiger partial charge in [-0.25, -0.2) is 0 Å². The summed E-state index contributed by atoms with van der Waals surface area (Å²) in [5.74, 6) is 0. The Morgan fingerprint density at radius 3 is 1.46 bits per heavy atom. The maximum absolute atomic E-state index is 2.45. The molecule has 0 atom stereocenters. The van der Waals surface area contributed by atoms with E-state index in [0.29, 0.717) is 0 Å². The summed E-state index contributed by atoms with van der Waals surface area (Å²) in [6.45, 7) is 0. The molecule has 54 heavy (non-hydrogen) atoms. The lowest BCUT2D eigenvalue weighted by atomic mass is 9.97. The summed E-state index contributed by atoms with van der Waals surface area (Å²) in [5, 5.41) is 7.51. The van der Waals surface area contributed by atoms with E-state index in [0.717, 1.165) is 5.69 Å². The monoisotopic (exact) mass is 686 g/mol. The summed E-state index contributed by atoms with van der Waals surface area (Å²) in [7, 11) is 0. The molecule has 11 rings (SSSR count). The van der Waals surface area contributed by atoms with Crippen molar-refractivity contribution in [2.24, 2.45) is 0 Å². The maximum Gasteiger partial charge on any atom is 0.0541 e. The van der Waals surface area contributed by atoms with Gasteiger partial charge in [0.1, 0.15) is 0 Å². The van der Waals surface area contributed by atoms with Gasteiger partial charge in [0, 0.05) is 32.8 Å². The Hall–Kier alpha value is -7.16. The minimum atomic E-state index is 1.16. The molecule has 2 nitrogen and oxygen atoms in total. The average molecular weight is 687 g/mol.